The second kappa shape index (κ2) is 3.42. The van der Waals surface area contributed by atoms with Crippen LogP contribution in [-0.2, 0) is 0 Å². The average Bonchev–Trinajstić information content (AvgIpc) is 2.38. The molecule has 1 rings (SSSR count). The van der Waals surface area contributed by atoms with Crippen LogP contribution in [0, 0.1) is 0 Å². The molecule has 0 saturated heterocycles. The van der Waals surface area contributed by atoms with Crippen LogP contribution in [0.15, 0.2) is 24.5 Å². The molecule has 0 radical (unpaired) electrons. The number of nitrogens with zero attached hydrogens (tertiary/aromatic N) is 1. The Morgan fingerprint density at radius 1 is 1.40 bits per heavy atom. The average molecular weight is 138 g/mol. The summed E-state index contributed by atoms with van der Waals surface area (Å²) < 4.78 is 2.03. The lowest BCUT2D eigenvalue weighted by Crippen LogP contribution is -2.16. The Hall–Kier alpha value is -0.760. The maximum Gasteiger partial charge on any atom is 0.0808 e. The summed E-state index contributed by atoms with van der Waals surface area (Å²) >= 11 is 0. The van der Waals surface area contributed by atoms with Crippen LogP contribution in [0.5, 0.6) is 0 Å². The molecule has 0 aliphatic heterocycles. The van der Waals surface area contributed by atoms with E-state index in [1.165, 1.54) is 0 Å². The highest BCUT2D eigenvalue weighted by atomic mass is 15.1. The minimum atomic E-state index is 0.167. The third-order valence-corrected chi connectivity index (χ3v) is 1.59. The first-order valence-electron chi connectivity index (χ1n) is 3.72. The molecule has 56 valence electrons. The predicted octanol–water partition coefficient (Wildman–Crippen LogP) is 1.75. The largest absolute Gasteiger partial charge is 0.339 e. The monoisotopic (exact) mass is 138 g/mol. The van der Waals surface area contributed by atoms with Gasteiger partial charge in [0.05, 0.1) is 6.17 Å². The maximum atomic E-state index is 5.81. The van der Waals surface area contributed by atoms with Gasteiger partial charge in [0, 0.05) is 12.4 Å². The summed E-state index contributed by atoms with van der Waals surface area (Å²) in [7, 11) is 0. The van der Waals surface area contributed by atoms with Gasteiger partial charge in [0.25, 0.3) is 0 Å². The molecule has 10 heavy (non-hydrogen) atoms. The molecule has 0 aromatic carbocycles. The van der Waals surface area contributed by atoms with Gasteiger partial charge in [-0.3, -0.25) is 0 Å². The van der Waals surface area contributed by atoms with Crippen molar-refractivity contribution in [3.8, 4) is 0 Å². The fraction of sp³-hybridized carbons (Fsp3) is 0.500. The number of aromatic nitrogens is 1. The third-order valence-electron chi connectivity index (χ3n) is 1.59. The zero-order valence-electron chi connectivity index (χ0n) is 6.33. The van der Waals surface area contributed by atoms with Gasteiger partial charge in [0.2, 0.25) is 0 Å². The van der Waals surface area contributed by atoms with Crippen LogP contribution in [0.1, 0.15) is 25.9 Å². The van der Waals surface area contributed by atoms with Gasteiger partial charge in [0.15, 0.2) is 0 Å². The van der Waals surface area contributed by atoms with E-state index in [1.807, 2.05) is 29.1 Å². The Balaban J connectivity index is 2.50. The van der Waals surface area contributed by atoms with Gasteiger partial charge in [-0.15, -0.1) is 0 Å². The molecule has 1 unspecified atom stereocenters. The molecule has 2 nitrogen and oxygen atoms in total. The fourth-order valence-corrected chi connectivity index (χ4v) is 1.01. The minimum Gasteiger partial charge on any atom is -0.339 e. The van der Waals surface area contributed by atoms with E-state index in [4.69, 9.17) is 5.73 Å². The molecule has 0 saturated carbocycles. The van der Waals surface area contributed by atoms with Crippen LogP contribution in [0.25, 0.3) is 0 Å². The second-order valence-electron chi connectivity index (χ2n) is 2.49. The highest BCUT2D eigenvalue weighted by molar-refractivity contribution is 4.91. The molecule has 1 aromatic rings. The molecule has 0 bridgehead atoms. The smallest absolute Gasteiger partial charge is 0.0808 e. The zero-order chi connectivity index (χ0) is 7.40. The first-order chi connectivity index (χ1) is 4.84. The molecule has 1 aromatic heterocycles. The number of hydrogen-bond donors (Lipinski definition) is 1. The minimum absolute atomic E-state index is 0.167. The molecule has 0 aliphatic carbocycles. The Bertz CT molecular complexity index is 167. The number of hydrogen-bond acceptors (Lipinski definition) is 1. The summed E-state index contributed by atoms with van der Waals surface area (Å²) in [6.45, 7) is 2.14. The summed E-state index contributed by atoms with van der Waals surface area (Å²) in [6, 6.07) is 3.99. The highest BCUT2D eigenvalue weighted by Crippen LogP contribution is 2.05. The van der Waals surface area contributed by atoms with Gasteiger partial charge in [-0.1, -0.05) is 13.3 Å². The van der Waals surface area contributed by atoms with E-state index < -0.39 is 0 Å². The molecular formula is C8H14N2. The lowest BCUT2D eigenvalue weighted by atomic mass is 10.3. The van der Waals surface area contributed by atoms with Crippen molar-refractivity contribution >= 4 is 0 Å². The number of nitrogens with two attached hydrogens (primary N) is 1. The summed E-state index contributed by atoms with van der Waals surface area (Å²) in [5.41, 5.74) is 5.81. The SMILES string of the molecule is CCCC(N)n1cccc1. The molecule has 2 N–H and O–H groups in total. The van der Waals surface area contributed by atoms with Gasteiger partial charge in [0.1, 0.15) is 0 Å². The Kier molecular flexibility index (Phi) is 2.51. The van der Waals surface area contributed by atoms with Crippen molar-refractivity contribution in [1.29, 1.82) is 0 Å². The maximum absolute atomic E-state index is 5.81. The summed E-state index contributed by atoms with van der Waals surface area (Å²) in [5.74, 6) is 0. The Labute approximate surface area is 61.7 Å². The van der Waals surface area contributed by atoms with Crippen molar-refractivity contribution in [3.63, 3.8) is 0 Å². The van der Waals surface area contributed by atoms with Crippen molar-refractivity contribution in [2.24, 2.45) is 5.73 Å². The molecule has 2 heteroatoms. The van der Waals surface area contributed by atoms with E-state index in [1.54, 1.807) is 0 Å². The number of rotatable bonds is 3. The first kappa shape index (κ1) is 7.35. The van der Waals surface area contributed by atoms with Gasteiger partial charge < -0.3 is 10.3 Å². The molecule has 0 spiro atoms. The highest BCUT2D eigenvalue weighted by Gasteiger charge is 1.99. The molecular weight excluding hydrogens is 124 g/mol. The van der Waals surface area contributed by atoms with E-state index in [-0.39, 0.29) is 6.17 Å². The van der Waals surface area contributed by atoms with Crippen LogP contribution in [0.4, 0.5) is 0 Å². The normalized spacial score (nSPS) is 13.4. The molecule has 1 heterocycles. The summed E-state index contributed by atoms with van der Waals surface area (Å²) in [4.78, 5) is 0. The molecule has 0 fully saturated rings. The van der Waals surface area contributed by atoms with Crippen molar-refractivity contribution < 1.29 is 0 Å². The van der Waals surface area contributed by atoms with E-state index in [9.17, 15) is 0 Å². The van der Waals surface area contributed by atoms with Gasteiger partial charge >= 0.3 is 0 Å². The van der Waals surface area contributed by atoms with Crippen LogP contribution >= 0.6 is 0 Å². The molecule has 0 amide bonds. The van der Waals surface area contributed by atoms with Gasteiger partial charge in [-0.2, -0.15) is 0 Å². The summed E-state index contributed by atoms with van der Waals surface area (Å²) in [5, 5.41) is 0. The Morgan fingerprint density at radius 2 is 2.00 bits per heavy atom. The fourth-order valence-electron chi connectivity index (χ4n) is 1.01. The Morgan fingerprint density at radius 3 is 2.50 bits per heavy atom. The standard InChI is InChI=1S/C8H14N2/c1-2-5-8(9)10-6-3-4-7-10/h3-4,6-8H,2,5,9H2,1H3. The van der Waals surface area contributed by atoms with Crippen molar-refractivity contribution in [3.05, 3.63) is 24.5 Å². The van der Waals surface area contributed by atoms with Crippen LogP contribution in [0.3, 0.4) is 0 Å². The van der Waals surface area contributed by atoms with E-state index in [0.29, 0.717) is 0 Å². The topological polar surface area (TPSA) is 30.9 Å². The van der Waals surface area contributed by atoms with Crippen LogP contribution in [-0.4, -0.2) is 4.57 Å². The van der Waals surface area contributed by atoms with E-state index >= 15 is 0 Å². The van der Waals surface area contributed by atoms with E-state index in [0.717, 1.165) is 12.8 Å². The van der Waals surface area contributed by atoms with Crippen LogP contribution < -0.4 is 5.73 Å². The van der Waals surface area contributed by atoms with Crippen molar-refractivity contribution in [2.75, 3.05) is 0 Å². The predicted molar refractivity (Wildman–Crippen MR) is 42.6 cm³/mol. The lowest BCUT2D eigenvalue weighted by molar-refractivity contribution is 0.479. The van der Waals surface area contributed by atoms with Crippen molar-refractivity contribution in [1.82, 2.24) is 4.57 Å². The van der Waals surface area contributed by atoms with Crippen LogP contribution in [0.2, 0.25) is 0 Å². The van der Waals surface area contributed by atoms with Crippen molar-refractivity contribution in [2.45, 2.75) is 25.9 Å². The zero-order valence-corrected chi connectivity index (χ0v) is 6.33. The molecule has 1 atom stereocenters. The lowest BCUT2D eigenvalue weighted by Gasteiger charge is -2.11. The first-order valence-corrected chi connectivity index (χ1v) is 3.72. The van der Waals surface area contributed by atoms with Gasteiger partial charge in [-0.25, -0.2) is 0 Å². The van der Waals surface area contributed by atoms with E-state index in [2.05, 4.69) is 6.92 Å². The molecule has 0 aliphatic rings. The second-order valence-corrected chi connectivity index (χ2v) is 2.49. The van der Waals surface area contributed by atoms with Gasteiger partial charge in [-0.05, 0) is 18.6 Å². The quantitative estimate of drug-likeness (QED) is 0.677. The summed E-state index contributed by atoms with van der Waals surface area (Å²) in [6.07, 6.45) is 6.36. The third kappa shape index (κ3) is 1.61.